The average molecular weight is 362 g/mol. The molecule has 23 heavy (non-hydrogen) atoms. The monoisotopic (exact) mass is 362 g/mol. The van der Waals surface area contributed by atoms with E-state index in [1.807, 2.05) is 0 Å². The molecule has 1 fully saturated rings. The molecule has 3 N–H and O–H groups in total. The lowest BCUT2D eigenvalue weighted by Gasteiger charge is -2.41. The van der Waals surface area contributed by atoms with E-state index < -0.39 is 33.1 Å². The number of rotatable bonds is 3. The standard InChI is InChI=1S/C12H15F5N2O3S/c13-23(14,15,16,17)9-1-2-10(11(7-9)22-12(18)21)19-5-3-8(20)4-6-19/h1-2,7-8,20H,3-6H2,(H2,18,21). The van der Waals surface area contributed by atoms with Crippen LogP contribution in [0.4, 0.5) is 29.9 Å². The van der Waals surface area contributed by atoms with Crippen molar-refractivity contribution in [3.63, 3.8) is 0 Å². The maximum Gasteiger partial charge on any atom is 0.410 e. The zero-order valence-corrected chi connectivity index (χ0v) is 12.5. The minimum absolute atomic E-state index is 0.0290. The first-order chi connectivity index (χ1) is 10.3. The van der Waals surface area contributed by atoms with E-state index >= 15 is 0 Å². The molecule has 0 spiro atoms. The van der Waals surface area contributed by atoms with Gasteiger partial charge in [-0.2, -0.15) is 0 Å². The van der Waals surface area contributed by atoms with Gasteiger partial charge in [0.25, 0.3) is 0 Å². The maximum atomic E-state index is 12.9. The summed E-state index contributed by atoms with van der Waals surface area (Å²) in [4.78, 5) is 10.2. The van der Waals surface area contributed by atoms with Crippen molar-refractivity contribution in [1.29, 1.82) is 0 Å². The zero-order chi connectivity index (χ0) is 17.5. The Kier molecular flexibility index (Phi) is 3.73. The van der Waals surface area contributed by atoms with E-state index in [0.717, 1.165) is 6.07 Å². The summed E-state index contributed by atoms with van der Waals surface area (Å²) in [6.45, 7) is 0.540. The molecule has 0 atom stereocenters. The van der Waals surface area contributed by atoms with Crippen molar-refractivity contribution >= 4 is 22.0 Å². The van der Waals surface area contributed by atoms with E-state index in [9.17, 15) is 29.3 Å². The molecule has 0 aliphatic carbocycles. The van der Waals surface area contributed by atoms with Crippen LogP contribution in [0.25, 0.3) is 0 Å². The fourth-order valence-electron chi connectivity index (χ4n) is 2.29. The second-order valence-corrected chi connectivity index (χ2v) is 7.65. The van der Waals surface area contributed by atoms with Crippen LogP contribution < -0.4 is 15.4 Å². The molecule has 1 heterocycles. The summed E-state index contributed by atoms with van der Waals surface area (Å²) in [5.41, 5.74) is 4.82. The first-order valence-electron chi connectivity index (χ1n) is 6.55. The Hall–Kier alpha value is -1.75. The molecule has 1 amide bonds. The van der Waals surface area contributed by atoms with Crippen LogP contribution in [0, 0.1) is 0 Å². The number of amides is 1. The van der Waals surface area contributed by atoms with Crippen molar-refractivity contribution in [2.45, 2.75) is 23.8 Å². The summed E-state index contributed by atoms with van der Waals surface area (Å²) in [6, 6.07) is 1.13. The Morgan fingerprint density at radius 2 is 1.78 bits per heavy atom. The van der Waals surface area contributed by atoms with Gasteiger partial charge in [-0.3, -0.25) is 0 Å². The number of carbonyl (C=O) groups excluding carboxylic acids is 1. The highest BCUT2D eigenvalue weighted by Gasteiger charge is 2.65. The fraction of sp³-hybridized carbons (Fsp3) is 0.417. The summed E-state index contributed by atoms with van der Waals surface area (Å²) in [5, 5.41) is 9.43. The first kappa shape index (κ1) is 17.6. The fourth-order valence-corrected chi connectivity index (χ4v) is 2.95. The number of hydrogen-bond acceptors (Lipinski definition) is 4. The average Bonchev–Trinajstić information content (AvgIpc) is 2.36. The van der Waals surface area contributed by atoms with Crippen molar-refractivity contribution < 1.29 is 34.1 Å². The molecule has 1 saturated heterocycles. The van der Waals surface area contributed by atoms with Gasteiger partial charge in [0.2, 0.25) is 0 Å². The lowest BCUT2D eigenvalue weighted by atomic mass is 10.1. The van der Waals surface area contributed by atoms with Gasteiger partial charge in [-0.1, -0.05) is 19.4 Å². The van der Waals surface area contributed by atoms with Crippen molar-refractivity contribution in [2.24, 2.45) is 5.73 Å². The highest BCUT2D eigenvalue weighted by Crippen LogP contribution is 3.02. The molecule has 2 rings (SSSR count). The van der Waals surface area contributed by atoms with Gasteiger partial charge in [-0.15, -0.1) is 0 Å². The second kappa shape index (κ2) is 4.87. The molecule has 0 aromatic heterocycles. The number of nitrogens with two attached hydrogens (primary N) is 1. The van der Waals surface area contributed by atoms with Crippen LogP contribution in [0.2, 0.25) is 0 Å². The lowest BCUT2D eigenvalue weighted by molar-refractivity contribution is 0.145. The van der Waals surface area contributed by atoms with E-state index in [-0.39, 0.29) is 30.9 Å². The molecular formula is C12H15F5N2O3S. The van der Waals surface area contributed by atoms with Gasteiger partial charge < -0.3 is 20.5 Å². The number of halogens is 5. The van der Waals surface area contributed by atoms with Gasteiger partial charge in [0, 0.05) is 19.2 Å². The van der Waals surface area contributed by atoms with Crippen molar-refractivity contribution in [1.82, 2.24) is 0 Å². The van der Waals surface area contributed by atoms with Crippen molar-refractivity contribution in [3.05, 3.63) is 18.2 Å². The molecule has 1 aromatic rings. The summed E-state index contributed by atoms with van der Waals surface area (Å²) in [7, 11) is -9.90. The Balaban J connectivity index is 2.46. The summed E-state index contributed by atoms with van der Waals surface area (Å²) >= 11 is 0. The normalized spacial score (nSPS) is 19.8. The van der Waals surface area contributed by atoms with Crippen molar-refractivity contribution in [3.8, 4) is 5.75 Å². The number of ether oxygens (including phenoxy) is 1. The van der Waals surface area contributed by atoms with Crippen LogP contribution >= 0.6 is 10.2 Å². The summed E-state index contributed by atoms with van der Waals surface area (Å²) < 4.78 is 68.8. The number of piperidine rings is 1. The first-order valence-corrected chi connectivity index (χ1v) is 8.50. The predicted molar refractivity (Wildman–Crippen MR) is 75.5 cm³/mol. The van der Waals surface area contributed by atoms with E-state index in [4.69, 9.17) is 5.73 Å². The number of carbonyl (C=O) groups is 1. The molecule has 1 aliphatic heterocycles. The zero-order valence-electron chi connectivity index (χ0n) is 11.7. The van der Waals surface area contributed by atoms with Crippen LogP contribution in [-0.2, 0) is 0 Å². The topological polar surface area (TPSA) is 75.8 Å². The van der Waals surface area contributed by atoms with Gasteiger partial charge >= 0.3 is 16.3 Å². The molecule has 0 unspecified atom stereocenters. The van der Waals surface area contributed by atoms with Crippen LogP contribution in [0.3, 0.4) is 0 Å². The smallest absolute Gasteiger partial charge is 0.408 e. The van der Waals surface area contributed by atoms with Gasteiger partial charge in [-0.05, 0) is 25.0 Å². The molecule has 132 valence electrons. The number of aliphatic hydroxyl groups is 1. The maximum absolute atomic E-state index is 12.9. The third-order valence-corrected chi connectivity index (χ3v) is 4.54. The van der Waals surface area contributed by atoms with E-state index in [1.54, 1.807) is 0 Å². The highest BCUT2D eigenvalue weighted by molar-refractivity contribution is 8.45. The summed E-state index contributed by atoms with van der Waals surface area (Å²) in [5.74, 6) is -0.695. The third kappa shape index (κ3) is 4.38. The molecule has 1 aromatic carbocycles. The van der Waals surface area contributed by atoms with Crippen LogP contribution in [0.1, 0.15) is 12.8 Å². The molecular weight excluding hydrogens is 347 g/mol. The van der Waals surface area contributed by atoms with Crippen LogP contribution in [0.5, 0.6) is 5.75 Å². The SMILES string of the molecule is NC(=O)Oc1cc(S(F)(F)(F)(F)F)ccc1N1CCC(O)CC1. The largest absolute Gasteiger partial charge is 0.410 e. The second-order valence-electron chi connectivity index (χ2n) is 5.24. The molecule has 11 heteroatoms. The molecule has 5 nitrogen and oxygen atoms in total. The Bertz CT molecular complexity index is 629. The van der Waals surface area contributed by atoms with Crippen LogP contribution in [0.15, 0.2) is 23.1 Å². The quantitative estimate of drug-likeness (QED) is 0.803. The Morgan fingerprint density at radius 3 is 2.26 bits per heavy atom. The Morgan fingerprint density at radius 1 is 1.22 bits per heavy atom. The molecule has 0 bridgehead atoms. The van der Waals surface area contributed by atoms with Gasteiger partial charge in [0.1, 0.15) is 4.90 Å². The van der Waals surface area contributed by atoms with Gasteiger partial charge in [-0.25, -0.2) is 4.79 Å². The lowest BCUT2D eigenvalue weighted by Crippen LogP contribution is -2.36. The molecule has 0 radical (unpaired) electrons. The minimum Gasteiger partial charge on any atom is -0.408 e. The number of benzene rings is 1. The van der Waals surface area contributed by atoms with E-state index in [2.05, 4.69) is 4.74 Å². The minimum atomic E-state index is -9.90. The van der Waals surface area contributed by atoms with Crippen molar-refractivity contribution in [2.75, 3.05) is 18.0 Å². The number of aliphatic hydroxyl groups excluding tert-OH is 1. The Labute approximate surface area is 128 Å². The van der Waals surface area contributed by atoms with E-state index in [0.29, 0.717) is 12.8 Å². The third-order valence-electron chi connectivity index (χ3n) is 3.39. The number of hydrogen-bond donors (Lipinski definition) is 2. The number of primary amides is 1. The summed E-state index contributed by atoms with van der Waals surface area (Å²) in [6.07, 6.45) is -1.27. The van der Waals surface area contributed by atoms with Gasteiger partial charge in [0.05, 0.1) is 11.8 Å². The molecule has 0 saturated carbocycles. The van der Waals surface area contributed by atoms with E-state index in [1.165, 1.54) is 4.90 Å². The highest BCUT2D eigenvalue weighted by atomic mass is 32.5. The number of anilines is 1. The number of nitrogens with zero attached hydrogens (tertiary/aromatic N) is 1. The van der Waals surface area contributed by atoms with Gasteiger partial charge in [0.15, 0.2) is 5.75 Å². The molecule has 1 aliphatic rings. The predicted octanol–water partition coefficient (Wildman–Crippen LogP) is 3.76. The van der Waals surface area contributed by atoms with Crippen LogP contribution in [-0.4, -0.2) is 30.4 Å².